The van der Waals surface area contributed by atoms with Crippen molar-refractivity contribution in [2.45, 2.75) is 25.8 Å². The van der Waals surface area contributed by atoms with Crippen LogP contribution >= 0.6 is 11.8 Å². The van der Waals surface area contributed by atoms with Gasteiger partial charge in [-0.3, -0.25) is 4.79 Å². The van der Waals surface area contributed by atoms with Crippen molar-refractivity contribution in [2.75, 3.05) is 18.6 Å². The van der Waals surface area contributed by atoms with Gasteiger partial charge in [0.05, 0.1) is 0 Å². The van der Waals surface area contributed by atoms with Gasteiger partial charge >= 0.3 is 0 Å². The topological polar surface area (TPSA) is 49.3 Å². The van der Waals surface area contributed by atoms with Crippen LogP contribution in [0.2, 0.25) is 0 Å². The Balaban J connectivity index is 3.40. The average molecular weight is 191 g/mol. The Morgan fingerprint density at radius 3 is 2.83 bits per heavy atom. The van der Waals surface area contributed by atoms with E-state index in [1.165, 1.54) is 0 Å². The van der Waals surface area contributed by atoms with Crippen LogP contribution < -0.4 is 5.32 Å². The predicted molar refractivity (Wildman–Crippen MR) is 52.3 cm³/mol. The third-order valence-electron chi connectivity index (χ3n) is 1.39. The standard InChI is InChI=1S/C8H17NO2S/c1-7(6-12-2)9-8(11)4-3-5-10/h7,10H,3-6H2,1-2H3,(H,9,11). The van der Waals surface area contributed by atoms with Crippen molar-refractivity contribution >= 4 is 17.7 Å². The maximum absolute atomic E-state index is 11.1. The first kappa shape index (κ1) is 11.8. The van der Waals surface area contributed by atoms with Gasteiger partial charge in [-0.1, -0.05) is 0 Å². The molecule has 0 aromatic heterocycles. The Morgan fingerprint density at radius 1 is 1.67 bits per heavy atom. The van der Waals surface area contributed by atoms with Crippen molar-refractivity contribution < 1.29 is 9.90 Å². The molecule has 72 valence electrons. The number of hydrogen-bond acceptors (Lipinski definition) is 3. The predicted octanol–water partition coefficient (Wildman–Crippen LogP) is 0.627. The molecule has 12 heavy (non-hydrogen) atoms. The smallest absolute Gasteiger partial charge is 0.220 e. The Labute approximate surface area is 77.9 Å². The van der Waals surface area contributed by atoms with E-state index in [0.29, 0.717) is 12.8 Å². The van der Waals surface area contributed by atoms with Crippen molar-refractivity contribution in [1.82, 2.24) is 5.32 Å². The first-order valence-electron chi connectivity index (χ1n) is 4.10. The van der Waals surface area contributed by atoms with Gasteiger partial charge in [0, 0.05) is 24.8 Å². The zero-order chi connectivity index (χ0) is 9.40. The van der Waals surface area contributed by atoms with Crippen molar-refractivity contribution in [3.05, 3.63) is 0 Å². The number of thioether (sulfide) groups is 1. The molecule has 0 saturated heterocycles. The van der Waals surface area contributed by atoms with E-state index < -0.39 is 0 Å². The van der Waals surface area contributed by atoms with E-state index in [0.717, 1.165) is 5.75 Å². The van der Waals surface area contributed by atoms with E-state index in [2.05, 4.69) is 5.32 Å². The molecule has 0 aromatic carbocycles. The lowest BCUT2D eigenvalue weighted by Crippen LogP contribution is -2.34. The molecule has 1 unspecified atom stereocenters. The van der Waals surface area contributed by atoms with Gasteiger partial charge in [-0.25, -0.2) is 0 Å². The van der Waals surface area contributed by atoms with Crippen molar-refractivity contribution in [3.8, 4) is 0 Å². The number of nitrogens with one attached hydrogen (secondary N) is 1. The minimum absolute atomic E-state index is 0.0330. The summed E-state index contributed by atoms with van der Waals surface area (Å²) >= 11 is 1.71. The second kappa shape index (κ2) is 7.43. The van der Waals surface area contributed by atoms with E-state index in [4.69, 9.17) is 5.11 Å². The molecule has 1 atom stereocenters. The average Bonchev–Trinajstić information content (AvgIpc) is 2.01. The molecular formula is C8H17NO2S. The van der Waals surface area contributed by atoms with Gasteiger partial charge in [0.2, 0.25) is 5.91 Å². The molecule has 0 saturated carbocycles. The monoisotopic (exact) mass is 191 g/mol. The molecule has 0 bridgehead atoms. The highest BCUT2D eigenvalue weighted by Gasteiger charge is 2.05. The third kappa shape index (κ3) is 6.49. The van der Waals surface area contributed by atoms with E-state index in [-0.39, 0.29) is 18.6 Å². The van der Waals surface area contributed by atoms with Gasteiger partial charge in [-0.05, 0) is 19.6 Å². The molecule has 0 rings (SSSR count). The summed E-state index contributed by atoms with van der Waals surface area (Å²) in [6.45, 7) is 2.07. The van der Waals surface area contributed by atoms with Gasteiger partial charge in [-0.2, -0.15) is 11.8 Å². The van der Waals surface area contributed by atoms with Gasteiger partial charge < -0.3 is 10.4 Å². The summed E-state index contributed by atoms with van der Waals surface area (Å²) in [5, 5.41) is 11.3. The molecule has 0 aliphatic carbocycles. The van der Waals surface area contributed by atoms with Gasteiger partial charge in [0.1, 0.15) is 0 Å². The number of rotatable bonds is 6. The summed E-state index contributed by atoms with van der Waals surface area (Å²) in [6, 6.07) is 0.228. The largest absolute Gasteiger partial charge is 0.396 e. The SMILES string of the molecule is CSCC(C)NC(=O)CCCO. The fourth-order valence-corrected chi connectivity index (χ4v) is 1.46. The van der Waals surface area contributed by atoms with Crippen LogP contribution in [0.5, 0.6) is 0 Å². The van der Waals surface area contributed by atoms with E-state index in [1.807, 2.05) is 13.2 Å². The summed E-state index contributed by atoms with van der Waals surface area (Å²) in [6.07, 6.45) is 2.99. The molecule has 0 heterocycles. The molecule has 0 radical (unpaired) electrons. The van der Waals surface area contributed by atoms with Crippen LogP contribution in [0.3, 0.4) is 0 Å². The number of amides is 1. The summed E-state index contributed by atoms with van der Waals surface area (Å²) in [4.78, 5) is 11.1. The van der Waals surface area contributed by atoms with Crippen LogP contribution in [0, 0.1) is 0 Å². The Morgan fingerprint density at radius 2 is 2.33 bits per heavy atom. The second-order valence-electron chi connectivity index (χ2n) is 2.75. The number of aliphatic hydroxyl groups excluding tert-OH is 1. The van der Waals surface area contributed by atoms with Crippen LogP contribution in [-0.4, -0.2) is 35.7 Å². The lowest BCUT2D eigenvalue weighted by Gasteiger charge is -2.11. The van der Waals surface area contributed by atoms with E-state index in [1.54, 1.807) is 11.8 Å². The van der Waals surface area contributed by atoms with Crippen molar-refractivity contribution in [3.63, 3.8) is 0 Å². The summed E-state index contributed by atoms with van der Waals surface area (Å²) in [5.41, 5.74) is 0. The van der Waals surface area contributed by atoms with Crippen LogP contribution in [0.1, 0.15) is 19.8 Å². The highest BCUT2D eigenvalue weighted by molar-refractivity contribution is 7.98. The lowest BCUT2D eigenvalue weighted by atomic mass is 10.3. The zero-order valence-electron chi connectivity index (χ0n) is 7.67. The third-order valence-corrected chi connectivity index (χ3v) is 2.22. The highest BCUT2D eigenvalue weighted by atomic mass is 32.2. The number of aliphatic hydroxyl groups is 1. The first-order valence-corrected chi connectivity index (χ1v) is 5.49. The van der Waals surface area contributed by atoms with Gasteiger partial charge in [0.15, 0.2) is 0 Å². The molecule has 3 nitrogen and oxygen atoms in total. The quantitative estimate of drug-likeness (QED) is 0.647. The molecule has 0 spiro atoms. The highest BCUT2D eigenvalue weighted by Crippen LogP contribution is 1.97. The van der Waals surface area contributed by atoms with Crippen LogP contribution in [0.4, 0.5) is 0 Å². The Bertz CT molecular complexity index is 130. The van der Waals surface area contributed by atoms with Crippen LogP contribution in [0.25, 0.3) is 0 Å². The number of hydrogen-bond donors (Lipinski definition) is 2. The fourth-order valence-electron chi connectivity index (χ4n) is 0.878. The fraction of sp³-hybridized carbons (Fsp3) is 0.875. The number of carbonyl (C=O) groups excluding carboxylic acids is 1. The molecule has 2 N–H and O–H groups in total. The molecule has 4 heteroatoms. The molecule has 0 aliphatic heterocycles. The summed E-state index contributed by atoms with van der Waals surface area (Å²) in [5.74, 6) is 0.968. The minimum Gasteiger partial charge on any atom is -0.396 e. The van der Waals surface area contributed by atoms with E-state index in [9.17, 15) is 4.79 Å². The summed E-state index contributed by atoms with van der Waals surface area (Å²) < 4.78 is 0. The molecule has 1 amide bonds. The molecule has 0 aromatic rings. The lowest BCUT2D eigenvalue weighted by molar-refractivity contribution is -0.121. The normalized spacial score (nSPS) is 12.6. The maximum atomic E-state index is 11.1. The maximum Gasteiger partial charge on any atom is 0.220 e. The van der Waals surface area contributed by atoms with Crippen molar-refractivity contribution in [1.29, 1.82) is 0 Å². The minimum atomic E-state index is 0.0330. The van der Waals surface area contributed by atoms with E-state index >= 15 is 0 Å². The second-order valence-corrected chi connectivity index (χ2v) is 3.66. The van der Waals surface area contributed by atoms with Crippen molar-refractivity contribution in [2.24, 2.45) is 0 Å². The van der Waals surface area contributed by atoms with Gasteiger partial charge in [0.25, 0.3) is 0 Å². The number of carbonyl (C=O) groups is 1. The van der Waals surface area contributed by atoms with Crippen LogP contribution in [0.15, 0.2) is 0 Å². The summed E-state index contributed by atoms with van der Waals surface area (Å²) in [7, 11) is 0. The molecule has 0 aliphatic rings. The van der Waals surface area contributed by atoms with Gasteiger partial charge in [-0.15, -0.1) is 0 Å². The first-order chi connectivity index (χ1) is 5.70. The Kier molecular flexibility index (Phi) is 7.29. The zero-order valence-corrected chi connectivity index (χ0v) is 8.49. The Hall–Kier alpha value is -0.220. The molecule has 0 fully saturated rings. The molecular weight excluding hydrogens is 174 g/mol. The van der Waals surface area contributed by atoms with Crippen LogP contribution in [-0.2, 0) is 4.79 Å².